The van der Waals surface area contributed by atoms with Crippen molar-refractivity contribution in [3.8, 4) is 0 Å². The Morgan fingerprint density at radius 3 is 2.67 bits per heavy atom. The normalized spacial score (nSPS) is 21.2. The summed E-state index contributed by atoms with van der Waals surface area (Å²) in [5.74, 6) is -0.273. The minimum Gasteiger partial charge on any atom is -0.480 e. The fourth-order valence-corrected chi connectivity index (χ4v) is 2.59. The Bertz CT molecular complexity index is 347. The molecule has 0 aromatic rings. The molecule has 1 saturated heterocycles. The molecular weight excluding hydrogens is 270 g/mol. The SMILES string of the molecule is CC(C)CCCC(C)NC(=O)CN1CCNCC1C(=O)O. The van der Waals surface area contributed by atoms with Gasteiger partial charge < -0.3 is 15.7 Å². The number of carboxylic acid groups (broad SMARTS) is 1. The molecule has 2 atom stereocenters. The summed E-state index contributed by atoms with van der Waals surface area (Å²) < 4.78 is 0. The Morgan fingerprint density at radius 1 is 1.33 bits per heavy atom. The maximum Gasteiger partial charge on any atom is 0.322 e. The second-order valence-corrected chi connectivity index (χ2v) is 6.32. The van der Waals surface area contributed by atoms with Gasteiger partial charge in [-0.15, -0.1) is 0 Å². The molecule has 0 radical (unpaired) electrons. The van der Waals surface area contributed by atoms with E-state index in [-0.39, 0.29) is 18.5 Å². The number of hydrogen-bond acceptors (Lipinski definition) is 4. The number of nitrogens with zero attached hydrogens (tertiary/aromatic N) is 1. The summed E-state index contributed by atoms with van der Waals surface area (Å²) >= 11 is 0. The number of carbonyl (C=O) groups excluding carboxylic acids is 1. The average molecular weight is 299 g/mol. The van der Waals surface area contributed by atoms with E-state index < -0.39 is 12.0 Å². The van der Waals surface area contributed by atoms with Crippen molar-refractivity contribution in [2.75, 3.05) is 26.2 Å². The van der Waals surface area contributed by atoms with E-state index in [1.54, 1.807) is 4.90 Å². The van der Waals surface area contributed by atoms with Gasteiger partial charge in [0.25, 0.3) is 0 Å². The van der Waals surface area contributed by atoms with E-state index in [4.69, 9.17) is 5.11 Å². The molecule has 1 heterocycles. The first-order valence-corrected chi connectivity index (χ1v) is 7.87. The maximum atomic E-state index is 12.0. The van der Waals surface area contributed by atoms with Crippen LogP contribution < -0.4 is 10.6 Å². The Balaban J connectivity index is 2.32. The number of hydrogen-bond donors (Lipinski definition) is 3. The van der Waals surface area contributed by atoms with Crippen molar-refractivity contribution in [3.63, 3.8) is 0 Å². The smallest absolute Gasteiger partial charge is 0.322 e. The van der Waals surface area contributed by atoms with Gasteiger partial charge in [-0.1, -0.05) is 26.7 Å². The second kappa shape index (κ2) is 9.00. The summed E-state index contributed by atoms with van der Waals surface area (Å²) in [5, 5.41) is 15.2. The summed E-state index contributed by atoms with van der Waals surface area (Å²) in [7, 11) is 0. The van der Waals surface area contributed by atoms with E-state index in [2.05, 4.69) is 24.5 Å². The number of nitrogens with one attached hydrogen (secondary N) is 2. The van der Waals surface area contributed by atoms with Gasteiger partial charge in [-0.25, -0.2) is 0 Å². The van der Waals surface area contributed by atoms with E-state index in [1.165, 1.54) is 6.42 Å². The van der Waals surface area contributed by atoms with Crippen molar-refractivity contribution < 1.29 is 14.7 Å². The molecule has 2 unspecified atom stereocenters. The number of aliphatic carboxylic acids is 1. The minimum absolute atomic E-state index is 0.0832. The fourth-order valence-electron chi connectivity index (χ4n) is 2.59. The Kier molecular flexibility index (Phi) is 7.67. The highest BCUT2D eigenvalue weighted by Gasteiger charge is 2.29. The fraction of sp³-hybridized carbons (Fsp3) is 0.867. The highest BCUT2D eigenvalue weighted by molar-refractivity contribution is 5.80. The largest absolute Gasteiger partial charge is 0.480 e. The highest BCUT2D eigenvalue weighted by Crippen LogP contribution is 2.08. The van der Waals surface area contributed by atoms with Crippen LogP contribution in [0.2, 0.25) is 0 Å². The molecule has 0 saturated carbocycles. The molecule has 1 rings (SSSR count). The summed E-state index contributed by atoms with van der Waals surface area (Å²) in [6.07, 6.45) is 3.23. The molecule has 1 fully saturated rings. The molecular formula is C15H29N3O3. The van der Waals surface area contributed by atoms with Gasteiger partial charge in [-0.3, -0.25) is 14.5 Å². The molecule has 0 aliphatic carbocycles. The molecule has 3 N–H and O–H groups in total. The molecule has 0 bridgehead atoms. The molecule has 1 amide bonds. The van der Waals surface area contributed by atoms with Crippen LogP contribution in [0, 0.1) is 5.92 Å². The molecule has 6 nitrogen and oxygen atoms in total. The standard InChI is InChI=1S/C15H29N3O3/c1-11(2)5-4-6-12(3)17-14(19)10-18-8-7-16-9-13(18)15(20)21/h11-13,16H,4-10H2,1-3H3,(H,17,19)(H,20,21). The van der Waals surface area contributed by atoms with Gasteiger partial charge in [0.15, 0.2) is 0 Å². The van der Waals surface area contributed by atoms with E-state index in [9.17, 15) is 9.59 Å². The van der Waals surface area contributed by atoms with Gasteiger partial charge in [-0.2, -0.15) is 0 Å². The highest BCUT2D eigenvalue weighted by atomic mass is 16.4. The number of carbonyl (C=O) groups is 2. The number of amides is 1. The van der Waals surface area contributed by atoms with Crippen LogP contribution in [0.25, 0.3) is 0 Å². The van der Waals surface area contributed by atoms with Crippen LogP contribution in [0.3, 0.4) is 0 Å². The topological polar surface area (TPSA) is 81.7 Å². The van der Waals surface area contributed by atoms with E-state index >= 15 is 0 Å². The summed E-state index contributed by atoms with van der Waals surface area (Å²) in [6, 6.07) is -0.469. The zero-order valence-electron chi connectivity index (χ0n) is 13.4. The maximum absolute atomic E-state index is 12.0. The van der Waals surface area contributed by atoms with Gasteiger partial charge in [0, 0.05) is 25.7 Å². The first-order chi connectivity index (χ1) is 9.90. The molecule has 21 heavy (non-hydrogen) atoms. The molecule has 1 aliphatic rings. The monoisotopic (exact) mass is 299 g/mol. The predicted molar refractivity (Wildman–Crippen MR) is 82.2 cm³/mol. The van der Waals surface area contributed by atoms with Crippen molar-refractivity contribution >= 4 is 11.9 Å². The molecule has 0 aromatic heterocycles. The van der Waals surface area contributed by atoms with Gasteiger partial charge in [0.05, 0.1) is 6.54 Å². The van der Waals surface area contributed by atoms with Crippen LogP contribution in [0.15, 0.2) is 0 Å². The average Bonchev–Trinajstić information content (AvgIpc) is 2.38. The Hall–Kier alpha value is -1.14. The van der Waals surface area contributed by atoms with Crippen LogP contribution in [-0.2, 0) is 9.59 Å². The Labute approximate surface area is 127 Å². The Morgan fingerprint density at radius 2 is 2.05 bits per heavy atom. The lowest BCUT2D eigenvalue weighted by molar-refractivity contribution is -0.144. The van der Waals surface area contributed by atoms with Crippen LogP contribution in [0.1, 0.15) is 40.0 Å². The third-order valence-electron chi connectivity index (χ3n) is 3.81. The van der Waals surface area contributed by atoms with Crippen LogP contribution in [-0.4, -0.2) is 60.1 Å². The van der Waals surface area contributed by atoms with Crippen molar-refractivity contribution in [1.29, 1.82) is 0 Å². The van der Waals surface area contributed by atoms with E-state index in [0.29, 0.717) is 19.0 Å². The second-order valence-electron chi connectivity index (χ2n) is 6.32. The molecule has 122 valence electrons. The third-order valence-corrected chi connectivity index (χ3v) is 3.81. The van der Waals surface area contributed by atoms with E-state index in [0.717, 1.165) is 19.4 Å². The van der Waals surface area contributed by atoms with Gasteiger partial charge in [0.2, 0.25) is 5.91 Å². The summed E-state index contributed by atoms with van der Waals surface area (Å²) in [5.41, 5.74) is 0. The number of carboxylic acids is 1. The summed E-state index contributed by atoms with van der Waals surface area (Å²) in [4.78, 5) is 24.9. The van der Waals surface area contributed by atoms with Crippen molar-refractivity contribution in [3.05, 3.63) is 0 Å². The summed E-state index contributed by atoms with van der Waals surface area (Å²) in [6.45, 7) is 8.26. The lowest BCUT2D eigenvalue weighted by atomic mass is 10.0. The number of piperazine rings is 1. The lowest BCUT2D eigenvalue weighted by Crippen LogP contribution is -2.57. The first kappa shape index (κ1) is 17.9. The van der Waals surface area contributed by atoms with Gasteiger partial charge >= 0.3 is 5.97 Å². The quantitative estimate of drug-likeness (QED) is 0.614. The van der Waals surface area contributed by atoms with Gasteiger partial charge in [0.1, 0.15) is 6.04 Å². The first-order valence-electron chi connectivity index (χ1n) is 7.87. The van der Waals surface area contributed by atoms with Gasteiger partial charge in [-0.05, 0) is 19.3 Å². The zero-order chi connectivity index (χ0) is 15.8. The van der Waals surface area contributed by atoms with Crippen LogP contribution >= 0.6 is 0 Å². The predicted octanol–water partition coefficient (Wildman–Crippen LogP) is 0.676. The van der Waals surface area contributed by atoms with Crippen molar-refractivity contribution in [2.24, 2.45) is 5.92 Å². The molecule has 1 aliphatic heterocycles. The third kappa shape index (κ3) is 6.91. The molecule has 0 aromatic carbocycles. The van der Waals surface area contributed by atoms with E-state index in [1.807, 2.05) is 6.92 Å². The molecule has 6 heteroatoms. The van der Waals surface area contributed by atoms with Crippen LogP contribution in [0.5, 0.6) is 0 Å². The molecule has 0 spiro atoms. The number of rotatable bonds is 8. The van der Waals surface area contributed by atoms with Crippen molar-refractivity contribution in [2.45, 2.75) is 52.1 Å². The van der Waals surface area contributed by atoms with Crippen LogP contribution in [0.4, 0.5) is 0 Å². The zero-order valence-corrected chi connectivity index (χ0v) is 13.4. The minimum atomic E-state index is -0.875. The lowest BCUT2D eigenvalue weighted by Gasteiger charge is -2.33. The van der Waals surface area contributed by atoms with Crippen molar-refractivity contribution in [1.82, 2.24) is 15.5 Å².